The van der Waals surface area contributed by atoms with Crippen LogP contribution in [0.3, 0.4) is 0 Å². The highest BCUT2D eigenvalue weighted by Gasteiger charge is 2.54. The van der Waals surface area contributed by atoms with Crippen molar-refractivity contribution in [2.45, 2.75) is 70.3 Å². The first-order chi connectivity index (χ1) is 17.1. The normalized spacial score (nSPS) is 25.6. The minimum atomic E-state index is -4.33. The molecule has 1 unspecified atom stereocenters. The average molecular weight is 541 g/mol. The third-order valence-corrected chi connectivity index (χ3v) is 7.28. The zero-order valence-corrected chi connectivity index (χ0v) is 22.0. The van der Waals surface area contributed by atoms with Gasteiger partial charge in [0, 0.05) is 12.3 Å². The summed E-state index contributed by atoms with van der Waals surface area (Å²) in [5, 5.41) is 24.2. The van der Waals surface area contributed by atoms with Crippen LogP contribution in [0.5, 0.6) is 5.75 Å². The maximum atomic E-state index is 13.8. The van der Waals surface area contributed by atoms with Crippen molar-refractivity contribution in [3.05, 3.63) is 63.4 Å². The van der Waals surface area contributed by atoms with Gasteiger partial charge in [-0.25, -0.2) is 9.36 Å². The lowest BCUT2D eigenvalue weighted by atomic mass is 9.96. The van der Waals surface area contributed by atoms with E-state index in [0.717, 1.165) is 16.8 Å². The zero-order chi connectivity index (χ0) is 27.6. The van der Waals surface area contributed by atoms with Crippen LogP contribution in [0, 0.1) is 0 Å². The Kier molecular flexibility index (Phi) is 8.47. The third-order valence-electron chi connectivity index (χ3n) is 5.51. The molecule has 14 heteroatoms. The predicted octanol–water partition coefficient (Wildman–Crippen LogP) is 1.07. The highest BCUT2D eigenvalue weighted by atomic mass is 31.2. The number of nitrogens with one attached hydrogen (secondary N) is 2. The van der Waals surface area contributed by atoms with Crippen LogP contribution in [-0.4, -0.2) is 61.8 Å². The van der Waals surface area contributed by atoms with E-state index in [4.69, 9.17) is 18.5 Å². The summed E-state index contributed by atoms with van der Waals surface area (Å²) in [6.07, 6.45) is -3.59. The van der Waals surface area contributed by atoms with Crippen LogP contribution < -0.4 is 20.9 Å². The number of nitrogens with zero attached hydrogens (tertiary/aromatic N) is 1. The number of hydrogen-bond acceptors (Lipinski definition) is 10. The second-order valence-electron chi connectivity index (χ2n) is 9.60. The van der Waals surface area contributed by atoms with Crippen LogP contribution in [0.1, 0.15) is 40.8 Å². The van der Waals surface area contributed by atoms with Gasteiger partial charge >= 0.3 is 19.4 Å². The van der Waals surface area contributed by atoms with E-state index in [1.54, 1.807) is 32.0 Å². The van der Waals surface area contributed by atoms with Gasteiger partial charge in [-0.15, -0.1) is 0 Å². The Morgan fingerprint density at radius 2 is 1.92 bits per heavy atom. The van der Waals surface area contributed by atoms with Crippen molar-refractivity contribution >= 4 is 13.7 Å². The van der Waals surface area contributed by atoms with Crippen LogP contribution >= 0.6 is 7.75 Å². The monoisotopic (exact) mass is 541 g/mol. The van der Waals surface area contributed by atoms with Gasteiger partial charge in [-0.1, -0.05) is 18.2 Å². The lowest BCUT2D eigenvalue weighted by molar-refractivity contribution is -0.153. The van der Waals surface area contributed by atoms with E-state index in [1.165, 1.54) is 32.9 Å². The van der Waals surface area contributed by atoms with Gasteiger partial charge in [-0.05, 0) is 46.8 Å². The maximum Gasteiger partial charge on any atom is 0.459 e. The molecule has 3 rings (SSSR count). The number of aliphatic hydroxyl groups excluding tert-OH is 1. The quantitative estimate of drug-likeness (QED) is 0.250. The van der Waals surface area contributed by atoms with Crippen molar-refractivity contribution in [1.82, 2.24) is 14.6 Å². The summed E-state index contributed by atoms with van der Waals surface area (Å²) in [7, 11) is -4.33. The van der Waals surface area contributed by atoms with Crippen molar-refractivity contribution in [2.24, 2.45) is 0 Å². The smallest absolute Gasteiger partial charge is 0.459 e. The summed E-state index contributed by atoms with van der Waals surface area (Å²) in [5.41, 5.74) is -5.02. The molecule has 13 nitrogen and oxygen atoms in total. The molecule has 204 valence electrons. The summed E-state index contributed by atoms with van der Waals surface area (Å²) in [4.78, 5) is 38.3. The molecular formula is C23H32N3O10P. The number of benzene rings is 1. The third kappa shape index (κ3) is 6.75. The molecule has 0 radical (unpaired) electrons. The largest absolute Gasteiger partial charge is 0.462 e. The number of para-hydroxylation sites is 1. The Labute approximate surface area is 212 Å². The number of aromatic amines is 1. The molecule has 0 aliphatic carbocycles. The molecule has 0 spiro atoms. The summed E-state index contributed by atoms with van der Waals surface area (Å²) < 4.78 is 36.8. The molecule has 2 aromatic rings. The highest BCUT2D eigenvalue weighted by Crippen LogP contribution is 2.48. The lowest BCUT2D eigenvalue weighted by Gasteiger charge is -2.30. The van der Waals surface area contributed by atoms with Crippen molar-refractivity contribution in [3.8, 4) is 5.75 Å². The topological polar surface area (TPSA) is 178 Å². The van der Waals surface area contributed by atoms with Crippen molar-refractivity contribution < 1.29 is 38.1 Å². The number of H-pyrrole nitrogens is 1. The van der Waals surface area contributed by atoms with Crippen LogP contribution in [0.4, 0.5) is 0 Å². The van der Waals surface area contributed by atoms with Crippen LogP contribution in [0.2, 0.25) is 0 Å². The van der Waals surface area contributed by atoms with Gasteiger partial charge in [0.15, 0.2) is 6.23 Å². The summed E-state index contributed by atoms with van der Waals surface area (Å²) in [6.45, 7) is 6.87. The van der Waals surface area contributed by atoms with E-state index < -0.39 is 67.3 Å². The van der Waals surface area contributed by atoms with Crippen molar-refractivity contribution in [3.63, 3.8) is 0 Å². The minimum Gasteiger partial charge on any atom is -0.462 e. The number of rotatable bonds is 10. The second kappa shape index (κ2) is 10.9. The number of carbonyl (C=O) groups excluding carboxylic acids is 1. The Bertz CT molecular complexity index is 1260. The Morgan fingerprint density at radius 3 is 2.51 bits per heavy atom. The number of carbonyl (C=O) groups is 1. The SMILES string of the molecule is CC(C)OC(=O)C(C)(C)NP(=O)(OC[C@H]1O[C@@H](n2ccc(=O)[nH]c2=O)[C@](C)(O)[C@@H]1O)Oc1ccccc1. The maximum absolute atomic E-state index is 13.8. The lowest BCUT2D eigenvalue weighted by Crippen LogP contribution is -2.48. The van der Waals surface area contributed by atoms with Crippen LogP contribution in [0.25, 0.3) is 0 Å². The number of esters is 1. The molecule has 0 bridgehead atoms. The van der Waals surface area contributed by atoms with E-state index in [2.05, 4.69) is 5.09 Å². The van der Waals surface area contributed by atoms with Crippen LogP contribution in [-0.2, 0) is 23.4 Å². The van der Waals surface area contributed by atoms with Gasteiger partial charge in [0.1, 0.15) is 29.1 Å². The summed E-state index contributed by atoms with van der Waals surface area (Å²) in [5.74, 6) is -0.538. The van der Waals surface area contributed by atoms with Gasteiger partial charge < -0.3 is 24.2 Å². The Hall–Kier alpha value is -2.80. The molecule has 2 heterocycles. The molecule has 1 aromatic carbocycles. The number of hydrogen-bond donors (Lipinski definition) is 4. The first-order valence-electron chi connectivity index (χ1n) is 11.5. The molecular weight excluding hydrogens is 509 g/mol. The first-order valence-corrected chi connectivity index (χ1v) is 13.1. The second-order valence-corrected chi connectivity index (χ2v) is 11.3. The number of aliphatic hydroxyl groups is 2. The molecule has 1 fully saturated rings. The van der Waals surface area contributed by atoms with Crippen molar-refractivity contribution in [1.29, 1.82) is 0 Å². The van der Waals surface area contributed by atoms with E-state index in [-0.39, 0.29) is 5.75 Å². The van der Waals surface area contributed by atoms with Gasteiger partial charge in [0.2, 0.25) is 0 Å². The average Bonchev–Trinajstić information content (AvgIpc) is 3.01. The van der Waals surface area contributed by atoms with E-state index >= 15 is 0 Å². The number of ether oxygens (including phenoxy) is 2. The Morgan fingerprint density at radius 1 is 1.27 bits per heavy atom. The van der Waals surface area contributed by atoms with E-state index in [1.807, 2.05) is 4.98 Å². The zero-order valence-electron chi connectivity index (χ0n) is 21.1. The van der Waals surface area contributed by atoms with Gasteiger partial charge in [0.05, 0.1) is 12.7 Å². The molecule has 1 aliphatic rings. The van der Waals surface area contributed by atoms with E-state index in [9.17, 15) is 29.2 Å². The summed E-state index contributed by atoms with van der Waals surface area (Å²) >= 11 is 0. The molecule has 1 aromatic heterocycles. The van der Waals surface area contributed by atoms with E-state index in [0.29, 0.717) is 0 Å². The molecule has 0 amide bonds. The molecule has 1 saturated heterocycles. The molecule has 5 atom stereocenters. The van der Waals surface area contributed by atoms with Gasteiger partial charge in [0.25, 0.3) is 5.56 Å². The molecule has 37 heavy (non-hydrogen) atoms. The fourth-order valence-electron chi connectivity index (χ4n) is 3.61. The minimum absolute atomic E-state index is 0.170. The Balaban J connectivity index is 1.84. The van der Waals surface area contributed by atoms with Crippen LogP contribution in [0.15, 0.2) is 52.2 Å². The first kappa shape index (κ1) is 28.8. The number of aromatic nitrogens is 2. The fourth-order valence-corrected chi connectivity index (χ4v) is 5.29. The predicted molar refractivity (Wildman–Crippen MR) is 131 cm³/mol. The molecule has 4 N–H and O–H groups in total. The van der Waals surface area contributed by atoms with Crippen molar-refractivity contribution in [2.75, 3.05) is 6.61 Å². The standard InChI is InChI=1S/C23H32N3O10P/c1-14(2)34-20(29)22(3,4)25-37(32,36-15-9-7-6-8-10-15)33-13-16-18(28)23(5,31)19(35-16)26-12-11-17(27)24-21(26)30/h6-12,14,16,18-19,28,31H,13H2,1-5H3,(H,25,32)(H,24,27,30)/t16-,18-,19-,23-,37?/m1/s1. The van der Waals surface area contributed by atoms with Gasteiger partial charge in [-0.3, -0.25) is 23.7 Å². The fraction of sp³-hybridized carbons (Fsp3) is 0.522. The molecule has 0 saturated carbocycles. The summed E-state index contributed by atoms with van der Waals surface area (Å²) in [6, 6.07) is 9.13. The van der Waals surface area contributed by atoms with Gasteiger partial charge in [-0.2, -0.15) is 5.09 Å². The highest BCUT2D eigenvalue weighted by molar-refractivity contribution is 7.52. The molecule has 1 aliphatic heterocycles.